The van der Waals surface area contributed by atoms with Gasteiger partial charge in [-0.1, -0.05) is 89.5 Å². The fourth-order valence-electron chi connectivity index (χ4n) is 12.9. The molecule has 57 heteroatoms. The second kappa shape index (κ2) is 58.0. The number of rotatable bonds is 57. The lowest BCUT2D eigenvalue weighted by molar-refractivity contribution is -0.143. The van der Waals surface area contributed by atoms with Crippen LogP contribution in [-0.2, 0) is 125 Å². The van der Waals surface area contributed by atoms with Crippen LogP contribution in [0.4, 0.5) is 0 Å². The summed E-state index contributed by atoms with van der Waals surface area (Å²) in [4.78, 5) is 349. The van der Waals surface area contributed by atoms with Crippen molar-refractivity contribution in [1.82, 2.24) is 128 Å². The summed E-state index contributed by atoms with van der Waals surface area (Å²) >= 11 is 0. The number of hydrogen-bond acceptors (Lipinski definition) is 31. The number of aliphatic hydroxyl groups is 4. The lowest BCUT2D eigenvalue weighted by Crippen LogP contribution is -2.66. The Balaban J connectivity index is 6.60. The van der Waals surface area contributed by atoms with Crippen LogP contribution in [0, 0.1) is 28.1 Å². The number of carbonyl (C=O) groups excluding carboxylic acids is 25. The Morgan fingerprint density at radius 3 is 0.944 bits per heavy atom. The Morgan fingerprint density at radius 2 is 0.549 bits per heavy atom. The SMILES string of the molecule is CC[C@H](C)[C@H](NC(=O)[C@@H](CC(=O)NC)NC(=O)CNC(=O)CNC(=O)[C@H](C)NC(=O)[C@H](NC(=O)[C@@H](NC(=O)[C@@H](CC(=O)NC)NC(=O)[C@@H](NC(=O)CNC(=O)[C@H](C)NC(=O)CNC(=O)[C@@H](NC(=O)[C@@H](CC(=O)NC)NC(=O)[C@H](C)NC(=O)[C@H](NC(=O)[C@H](C)N)C(C)(C)C)C(C)(C)O)C(C)(C)C)[C@@H](C)CC(N)=O)C(C)(C)O)C(=O)N[C@@H](C(=O)N[C@H](C(=O)N[C@@H](C(=O)NCC(=O)O)C(C)(C)O)C(C)(C)C)[C@@H](O)C(=O)NC. The highest BCUT2D eigenvalue weighted by atomic mass is 16.4. The van der Waals surface area contributed by atoms with Gasteiger partial charge in [0.1, 0.15) is 97.2 Å². The number of carboxylic acid groups (broad SMARTS) is 1. The third-order valence-electron chi connectivity index (χ3n) is 21.6. The number of aliphatic carboxylic acids is 1. The maximum Gasteiger partial charge on any atom is 0.322 e. The van der Waals surface area contributed by atoms with E-state index in [0.29, 0.717) is 0 Å². The first kappa shape index (κ1) is 130. The van der Waals surface area contributed by atoms with Crippen LogP contribution in [0.2, 0.25) is 0 Å². The third-order valence-corrected chi connectivity index (χ3v) is 21.6. The Bertz CT molecular complexity index is 4640. The number of likely N-dealkylation sites (N-methyl/N-ethyl adjacent to an activating group) is 1. The maximum absolute atomic E-state index is 14.5. The number of carbonyl (C=O) groups is 26. The van der Waals surface area contributed by atoms with Gasteiger partial charge in [-0.2, -0.15) is 0 Å². The molecule has 0 aliphatic heterocycles. The van der Waals surface area contributed by atoms with Gasteiger partial charge in [-0.3, -0.25) is 125 Å². The molecule has 0 fully saturated rings. The number of aliphatic hydroxyl groups excluding tert-OH is 1. The number of amides is 25. The van der Waals surface area contributed by atoms with Crippen LogP contribution in [0.3, 0.4) is 0 Å². The van der Waals surface area contributed by atoms with Gasteiger partial charge in [-0.25, -0.2) is 0 Å². The van der Waals surface area contributed by atoms with E-state index in [-0.39, 0.29) is 6.42 Å². The van der Waals surface area contributed by atoms with Gasteiger partial charge in [-0.05, 0) is 97.3 Å². The molecule has 19 atom stereocenters. The minimum atomic E-state index is -2.43. The molecule has 0 aliphatic carbocycles. The molecule has 0 heterocycles. The van der Waals surface area contributed by atoms with Crippen molar-refractivity contribution in [2.45, 2.75) is 304 Å². The van der Waals surface area contributed by atoms with Crippen LogP contribution < -0.4 is 139 Å². The molecule has 0 saturated heterocycles. The predicted molar refractivity (Wildman–Crippen MR) is 508 cm³/mol. The van der Waals surface area contributed by atoms with Gasteiger partial charge in [0.15, 0.2) is 6.10 Å². The summed E-state index contributed by atoms with van der Waals surface area (Å²) in [7, 11) is 4.61. The first-order chi connectivity index (χ1) is 65.9. The van der Waals surface area contributed by atoms with Crippen LogP contribution in [0.25, 0.3) is 0 Å². The molecular formula is C87H150N26O31. The Hall–Kier alpha value is -14.0. The molecule has 0 unspecified atom stereocenters. The summed E-state index contributed by atoms with van der Waals surface area (Å²) in [5.41, 5.74) is 1.23. The van der Waals surface area contributed by atoms with E-state index in [1.807, 2.05) is 5.32 Å². The molecule has 0 aromatic carbocycles. The highest BCUT2D eigenvalue weighted by molar-refractivity contribution is 6.04. The highest BCUT2D eigenvalue weighted by Gasteiger charge is 2.48. The summed E-state index contributed by atoms with van der Waals surface area (Å²) in [6.07, 6.45) is -5.48. The molecule has 0 aromatic heterocycles. The van der Waals surface area contributed by atoms with E-state index in [1.165, 1.54) is 83.3 Å². The van der Waals surface area contributed by atoms with Gasteiger partial charge in [0.2, 0.25) is 142 Å². The van der Waals surface area contributed by atoms with E-state index >= 15 is 0 Å². The Kier molecular flexibility index (Phi) is 52.3. The number of primary amides is 1. The van der Waals surface area contributed by atoms with Crippen LogP contribution in [0.15, 0.2) is 0 Å². The van der Waals surface area contributed by atoms with Gasteiger partial charge in [0, 0.05) is 34.6 Å². The molecule has 0 aromatic rings. The van der Waals surface area contributed by atoms with E-state index in [2.05, 4.69) is 122 Å². The first-order valence-corrected chi connectivity index (χ1v) is 45.7. The summed E-state index contributed by atoms with van der Waals surface area (Å²) < 4.78 is 0. The predicted octanol–water partition coefficient (Wildman–Crippen LogP) is -14.1. The second-order valence-corrected chi connectivity index (χ2v) is 39.3. The van der Waals surface area contributed by atoms with E-state index in [9.17, 15) is 145 Å². The number of carboxylic acids is 1. The molecule has 0 rings (SSSR count). The minimum absolute atomic E-state index is 0.0783. The molecule has 25 amide bonds. The zero-order chi connectivity index (χ0) is 112. The minimum Gasteiger partial charge on any atom is -0.480 e. The molecule has 33 N–H and O–H groups in total. The lowest BCUT2D eigenvalue weighted by Gasteiger charge is -2.36. The molecule has 0 bridgehead atoms. The van der Waals surface area contributed by atoms with Crippen molar-refractivity contribution in [1.29, 1.82) is 0 Å². The molecule has 57 nitrogen and oxygen atoms in total. The zero-order valence-electron chi connectivity index (χ0n) is 86.0. The Morgan fingerprint density at radius 1 is 0.264 bits per heavy atom. The summed E-state index contributed by atoms with van der Waals surface area (Å²) in [5, 5.41) is 108. The molecule has 0 aliphatic rings. The van der Waals surface area contributed by atoms with Crippen molar-refractivity contribution in [3.05, 3.63) is 0 Å². The lowest BCUT2D eigenvalue weighted by atomic mass is 9.85. The number of nitrogens with two attached hydrogens (primary N) is 2. The molecule has 0 saturated carbocycles. The van der Waals surface area contributed by atoms with Crippen molar-refractivity contribution in [3.8, 4) is 0 Å². The summed E-state index contributed by atoms with van der Waals surface area (Å²) in [6, 6.07) is -27.5. The second-order valence-electron chi connectivity index (χ2n) is 39.3. The quantitative estimate of drug-likeness (QED) is 0.0269. The average Bonchev–Trinajstić information content (AvgIpc) is 0.772. The maximum atomic E-state index is 14.5. The molecule has 0 spiro atoms. The Labute approximate surface area is 832 Å². The fourth-order valence-corrected chi connectivity index (χ4v) is 12.9. The topological polar surface area (TPSA) is 886 Å². The van der Waals surface area contributed by atoms with Gasteiger partial charge in [0.25, 0.3) is 5.91 Å². The van der Waals surface area contributed by atoms with Gasteiger partial charge in [-0.15, -0.1) is 0 Å². The third kappa shape index (κ3) is 45.5. The molecular weight excluding hydrogens is 1910 g/mol. The first-order valence-electron chi connectivity index (χ1n) is 45.7. The summed E-state index contributed by atoms with van der Waals surface area (Å²) in [5.74, 6) is -31.2. The standard InChI is InChI=1S/C87H150N26O31/c1-27-37(2)55(72(132)108-57(58(124)75(135)93-26)74(134)110-61(84(14,15)16)80(140)113-63(86(19,20)143)77(137)98-36-54(122)123)106-69(129)43(29-47(115)90-23)102-52(120)33-94-50(118)32-95-67(127)41(6)100-81(141)64(87(21,22)144)112-73(133)56(38(3)28-46(89)114)107-70(130)44(30-48(116)91-24)104-79(139)59(82(8,9)10)105-53(121)35-96-66(126)40(5)99-51(119)34-97-76(136)62(85(17,18)142)111-71(131)45(31-49(117)92-25)103-68(128)42(7)101-78(138)60(83(11,12)13)109-65(125)39(4)88/h37-45,55-64,124,142-144H,27-36,88H2,1-26H3,(H2,89,114)(H,90,115)(H,91,116)(H,92,117)(H,93,135)(H,94,118)(H,95,127)(H,96,126)(H,97,136)(H,98,137)(H,99,119)(H,100,141)(H,101,138)(H,102,120)(H,103,128)(H,104,139)(H,105,121)(H,106,129)(H,107,130)(H,108,132)(H,109,125)(H,110,134)(H,111,131)(H,112,133)(H,113,140)(H,122,123)/t37-,38-,39-,40-,41-,42-,43+,44+,45+,55-,56-,57+,58+,59+,60-,61+,62+,63-,64-/m0/s1. The van der Waals surface area contributed by atoms with Crippen molar-refractivity contribution < 1.29 is 150 Å². The van der Waals surface area contributed by atoms with Crippen LogP contribution in [0.5, 0.6) is 0 Å². The summed E-state index contributed by atoms with van der Waals surface area (Å²) in [6.45, 7) is 24.5. The van der Waals surface area contributed by atoms with Crippen molar-refractivity contribution in [2.75, 3.05) is 60.9 Å². The highest BCUT2D eigenvalue weighted by Crippen LogP contribution is 2.25. The number of hydrogen-bond donors (Lipinski definition) is 31. The fraction of sp³-hybridized carbons (Fsp3) is 0.701. The largest absolute Gasteiger partial charge is 0.480 e. The van der Waals surface area contributed by atoms with Crippen LogP contribution in [0.1, 0.15) is 184 Å². The van der Waals surface area contributed by atoms with E-state index in [1.54, 1.807) is 27.7 Å². The number of nitrogens with one attached hydrogen (secondary N) is 24. The van der Waals surface area contributed by atoms with Gasteiger partial charge >= 0.3 is 5.97 Å². The smallest absolute Gasteiger partial charge is 0.322 e. The van der Waals surface area contributed by atoms with E-state index in [4.69, 9.17) is 16.6 Å². The molecule has 814 valence electrons. The average molecular weight is 2060 g/mol. The van der Waals surface area contributed by atoms with Gasteiger partial charge < -0.3 is 165 Å². The van der Waals surface area contributed by atoms with E-state index < -0.39 is 360 Å². The van der Waals surface area contributed by atoms with Crippen LogP contribution in [-0.4, -0.2) is 360 Å². The van der Waals surface area contributed by atoms with Gasteiger partial charge in [0.05, 0.1) is 68.3 Å². The van der Waals surface area contributed by atoms with Crippen molar-refractivity contribution >= 4 is 154 Å². The van der Waals surface area contributed by atoms with Crippen molar-refractivity contribution in [3.63, 3.8) is 0 Å². The molecule has 144 heavy (non-hydrogen) atoms. The monoisotopic (exact) mass is 2060 g/mol. The van der Waals surface area contributed by atoms with E-state index in [0.717, 1.165) is 69.5 Å². The zero-order valence-corrected chi connectivity index (χ0v) is 86.0. The normalized spacial score (nSPS) is 15.6. The van der Waals surface area contributed by atoms with Crippen molar-refractivity contribution in [2.24, 2.45) is 39.5 Å². The molecule has 0 radical (unpaired) electrons. The van der Waals surface area contributed by atoms with Crippen LogP contribution >= 0.6 is 0 Å².